The third-order valence-electron chi connectivity index (χ3n) is 5.60. The van der Waals surface area contributed by atoms with Crippen LogP contribution < -0.4 is 10.3 Å². The molecule has 0 bridgehead atoms. The zero-order valence-corrected chi connectivity index (χ0v) is 19.1. The van der Waals surface area contributed by atoms with Gasteiger partial charge in [0.2, 0.25) is 5.95 Å². The predicted octanol–water partition coefficient (Wildman–Crippen LogP) is 2.59. The molecule has 3 aromatic heterocycles. The fourth-order valence-electron chi connectivity index (χ4n) is 3.97. The molecular weight excluding hydrogens is 440 g/mol. The van der Waals surface area contributed by atoms with E-state index in [0.717, 1.165) is 55.2 Å². The average Bonchev–Trinajstić information content (AvgIpc) is 3.26. The molecule has 172 valence electrons. The van der Waals surface area contributed by atoms with Crippen LogP contribution in [0.3, 0.4) is 0 Å². The lowest BCUT2D eigenvalue weighted by Gasteiger charge is -2.38. The third-order valence-corrected chi connectivity index (χ3v) is 6.49. The van der Waals surface area contributed by atoms with E-state index in [4.69, 9.17) is 14.7 Å². The average molecular weight is 467 g/mol. The summed E-state index contributed by atoms with van der Waals surface area (Å²) >= 11 is 1.47. The predicted molar refractivity (Wildman–Crippen MR) is 127 cm³/mol. The summed E-state index contributed by atoms with van der Waals surface area (Å²) in [6, 6.07) is 5.75. The van der Waals surface area contributed by atoms with E-state index in [9.17, 15) is 4.79 Å². The number of hydrazine groups is 1. The van der Waals surface area contributed by atoms with Crippen molar-refractivity contribution in [1.82, 2.24) is 29.8 Å². The molecule has 11 heteroatoms. The monoisotopic (exact) mass is 466 g/mol. The van der Waals surface area contributed by atoms with Crippen molar-refractivity contribution < 1.29 is 9.53 Å². The van der Waals surface area contributed by atoms with E-state index in [-0.39, 0.29) is 5.91 Å². The summed E-state index contributed by atoms with van der Waals surface area (Å²) in [7, 11) is 0. The van der Waals surface area contributed by atoms with Crippen LogP contribution in [0.25, 0.3) is 10.3 Å². The molecular formula is C22H26N8O2S. The number of amides is 1. The molecule has 10 nitrogen and oxygen atoms in total. The van der Waals surface area contributed by atoms with Crippen LogP contribution in [-0.2, 0) is 16.1 Å². The lowest BCUT2D eigenvalue weighted by Crippen LogP contribution is -2.51. The van der Waals surface area contributed by atoms with Crippen LogP contribution in [0, 0.1) is 0 Å². The molecule has 33 heavy (non-hydrogen) atoms. The fraction of sp³-hybridized carbons (Fsp3) is 0.409. The van der Waals surface area contributed by atoms with E-state index in [1.54, 1.807) is 11.2 Å². The van der Waals surface area contributed by atoms with Crippen molar-refractivity contribution in [2.75, 3.05) is 49.7 Å². The van der Waals surface area contributed by atoms with Gasteiger partial charge in [0.25, 0.3) is 5.91 Å². The lowest BCUT2D eigenvalue weighted by atomic mass is 10.2. The van der Waals surface area contributed by atoms with Crippen molar-refractivity contribution in [1.29, 1.82) is 0 Å². The maximum absolute atomic E-state index is 12.5. The molecule has 1 amide bonds. The van der Waals surface area contributed by atoms with E-state index in [1.807, 2.05) is 23.2 Å². The number of hydrogen-bond acceptors (Lipinski definition) is 10. The normalized spacial score (nSPS) is 17.3. The molecule has 2 aliphatic rings. The Balaban J connectivity index is 1.47. The Morgan fingerprint density at radius 3 is 2.85 bits per heavy atom. The van der Waals surface area contributed by atoms with Crippen molar-refractivity contribution in [3.63, 3.8) is 0 Å². The molecule has 0 unspecified atom stereocenters. The molecule has 0 saturated carbocycles. The smallest absolute Gasteiger partial charge is 0.264 e. The Morgan fingerprint density at radius 2 is 2.03 bits per heavy atom. The Bertz CT molecular complexity index is 1110. The number of anilines is 3. The van der Waals surface area contributed by atoms with E-state index in [2.05, 4.69) is 26.8 Å². The van der Waals surface area contributed by atoms with Crippen LogP contribution in [0.5, 0.6) is 0 Å². The fourth-order valence-corrected chi connectivity index (χ4v) is 4.79. The molecule has 0 aromatic carbocycles. The Morgan fingerprint density at radius 1 is 1.18 bits per heavy atom. The van der Waals surface area contributed by atoms with Crippen molar-refractivity contribution in [3.8, 4) is 0 Å². The molecule has 2 saturated heterocycles. The summed E-state index contributed by atoms with van der Waals surface area (Å²) in [6.07, 6.45) is 5.00. The summed E-state index contributed by atoms with van der Waals surface area (Å²) in [5, 5.41) is 7.58. The highest BCUT2D eigenvalue weighted by Crippen LogP contribution is 2.28. The highest BCUT2D eigenvalue weighted by molar-refractivity contribution is 7.21. The molecule has 0 aliphatic carbocycles. The number of ether oxygens (including phenoxy) is 1. The lowest BCUT2D eigenvalue weighted by molar-refractivity contribution is -0.127. The van der Waals surface area contributed by atoms with E-state index < -0.39 is 0 Å². The van der Waals surface area contributed by atoms with Gasteiger partial charge in [0.1, 0.15) is 16.2 Å². The quantitative estimate of drug-likeness (QED) is 0.550. The van der Waals surface area contributed by atoms with E-state index >= 15 is 0 Å². The van der Waals surface area contributed by atoms with Crippen molar-refractivity contribution >= 4 is 44.5 Å². The van der Waals surface area contributed by atoms with Crippen LogP contribution >= 0.6 is 11.3 Å². The number of carbonyl (C=O) groups is 1. The number of hydrogen-bond donors (Lipinski definition) is 1. The van der Waals surface area contributed by atoms with E-state index in [1.165, 1.54) is 17.4 Å². The number of carbonyl (C=O) groups excluding carboxylic acids is 1. The van der Waals surface area contributed by atoms with Gasteiger partial charge in [-0.3, -0.25) is 9.69 Å². The number of nitrogens with zero attached hydrogens (tertiary/aromatic N) is 7. The molecule has 0 radical (unpaired) electrons. The summed E-state index contributed by atoms with van der Waals surface area (Å²) in [5.41, 5.74) is 1.71. The minimum absolute atomic E-state index is 0.149. The molecule has 3 aromatic rings. The number of nitrogens with one attached hydrogen (secondary N) is 1. The number of aromatic nitrogens is 4. The molecule has 5 rings (SSSR count). The van der Waals surface area contributed by atoms with Gasteiger partial charge in [-0.2, -0.15) is 4.98 Å². The third kappa shape index (κ3) is 4.95. The number of morpholine rings is 1. The van der Waals surface area contributed by atoms with Gasteiger partial charge < -0.3 is 10.1 Å². The standard InChI is InChI=1S/C22H26N8O2S/c1-2-19(31)29-8-3-4-9-30(29)21-24-16(15-28-10-12-32-13-11-28)14-18(26-21)27-22-25-17-6-5-7-23-20(17)33-22/h2,5-7,14H,1,3-4,8-13,15H2,(H,24,25,26,27). The number of rotatable bonds is 6. The molecule has 2 aliphatic heterocycles. The van der Waals surface area contributed by atoms with Crippen LogP contribution in [0.4, 0.5) is 16.9 Å². The highest BCUT2D eigenvalue weighted by Gasteiger charge is 2.26. The van der Waals surface area contributed by atoms with Gasteiger partial charge in [0, 0.05) is 45.0 Å². The van der Waals surface area contributed by atoms with Crippen molar-refractivity contribution in [2.24, 2.45) is 0 Å². The van der Waals surface area contributed by atoms with Crippen LogP contribution in [0.15, 0.2) is 37.1 Å². The van der Waals surface area contributed by atoms with Crippen LogP contribution in [-0.4, -0.2) is 75.1 Å². The molecule has 1 N–H and O–H groups in total. The second kappa shape index (κ2) is 9.77. The van der Waals surface area contributed by atoms with Crippen molar-refractivity contribution in [2.45, 2.75) is 19.4 Å². The van der Waals surface area contributed by atoms with Gasteiger partial charge in [-0.15, -0.1) is 0 Å². The summed E-state index contributed by atoms with van der Waals surface area (Å²) in [6.45, 7) is 8.77. The minimum atomic E-state index is -0.149. The Kier molecular flexibility index (Phi) is 6.42. The first-order valence-electron chi connectivity index (χ1n) is 11.1. The summed E-state index contributed by atoms with van der Waals surface area (Å²) < 4.78 is 5.48. The largest absolute Gasteiger partial charge is 0.379 e. The maximum Gasteiger partial charge on any atom is 0.264 e. The van der Waals surface area contributed by atoms with Gasteiger partial charge in [0.05, 0.1) is 18.9 Å². The zero-order valence-electron chi connectivity index (χ0n) is 18.3. The van der Waals surface area contributed by atoms with Crippen molar-refractivity contribution in [3.05, 3.63) is 42.7 Å². The second-order valence-corrected chi connectivity index (χ2v) is 8.88. The SMILES string of the molecule is C=CC(=O)N1CCCCN1c1nc(CN2CCOCC2)cc(Nc2nc3cccnc3s2)n1. The maximum atomic E-state index is 12.5. The molecule has 5 heterocycles. The van der Waals surface area contributed by atoms with Gasteiger partial charge in [-0.05, 0) is 31.1 Å². The Labute approximate surface area is 195 Å². The van der Waals surface area contributed by atoms with Gasteiger partial charge in [-0.25, -0.2) is 25.0 Å². The minimum Gasteiger partial charge on any atom is -0.379 e. The topological polar surface area (TPSA) is 99.6 Å². The Hall–Kier alpha value is -3.15. The number of fused-ring (bicyclic) bond motifs is 1. The second-order valence-electron chi connectivity index (χ2n) is 7.90. The summed E-state index contributed by atoms with van der Waals surface area (Å²) in [4.78, 5) is 34.2. The van der Waals surface area contributed by atoms with Gasteiger partial charge >= 0.3 is 0 Å². The number of thiazole rings is 1. The first kappa shape index (κ1) is 21.7. The molecule has 0 atom stereocenters. The molecule has 0 spiro atoms. The van der Waals surface area contributed by atoms with Crippen LogP contribution in [0.1, 0.15) is 18.5 Å². The van der Waals surface area contributed by atoms with E-state index in [0.29, 0.717) is 36.5 Å². The first-order valence-corrected chi connectivity index (χ1v) is 11.9. The first-order chi connectivity index (χ1) is 16.2. The molecule has 2 fully saturated rings. The summed E-state index contributed by atoms with van der Waals surface area (Å²) in [5.74, 6) is 0.986. The highest BCUT2D eigenvalue weighted by atomic mass is 32.1. The van der Waals surface area contributed by atoms with Crippen LogP contribution in [0.2, 0.25) is 0 Å². The van der Waals surface area contributed by atoms with Gasteiger partial charge in [-0.1, -0.05) is 17.9 Å². The van der Waals surface area contributed by atoms with Gasteiger partial charge in [0.15, 0.2) is 5.13 Å². The zero-order chi connectivity index (χ0) is 22.6. The number of pyridine rings is 1.